The van der Waals surface area contributed by atoms with Crippen molar-refractivity contribution in [3.8, 4) is 0 Å². The van der Waals surface area contributed by atoms with Crippen molar-refractivity contribution in [1.82, 2.24) is 0 Å². The van der Waals surface area contributed by atoms with Crippen LogP contribution in [0.2, 0.25) is 0 Å². The molecule has 128 valence electrons. The maximum atomic E-state index is 12.9. The molecule has 2 aromatic carbocycles. The zero-order valence-electron chi connectivity index (χ0n) is 14.0. The Morgan fingerprint density at radius 3 is 2.08 bits per heavy atom. The molecule has 0 aromatic heterocycles. The molecule has 0 spiro atoms. The smallest absolute Gasteiger partial charge is 0.166 e. The quantitative estimate of drug-likeness (QED) is 0.574. The molecule has 3 rings (SSSR count). The molecule has 0 nitrogen and oxygen atoms in total. The van der Waals surface area contributed by atoms with Crippen LogP contribution in [0.4, 0.5) is 13.2 Å². The van der Waals surface area contributed by atoms with Crippen LogP contribution in [0.15, 0.2) is 84.0 Å². The third-order valence-corrected chi connectivity index (χ3v) is 4.38. The van der Waals surface area contributed by atoms with E-state index in [-0.39, 0.29) is 0 Å². The fourth-order valence-corrected chi connectivity index (χ4v) is 3.18. The first-order valence-corrected chi connectivity index (χ1v) is 8.33. The number of halogens is 3. The van der Waals surface area contributed by atoms with Crippen LogP contribution in [-0.4, -0.2) is 0 Å². The molecule has 0 N–H and O–H groups in total. The predicted octanol–water partition coefficient (Wildman–Crippen LogP) is 6.80. The van der Waals surface area contributed by atoms with Crippen molar-refractivity contribution in [1.29, 1.82) is 0 Å². The van der Waals surface area contributed by atoms with Gasteiger partial charge in [-0.1, -0.05) is 67.6 Å². The standard InChI is InChI=1S/C22H19F3/c1-2-20(16-8-6-7-9-16)21(17-10-4-3-5-11-17)18-12-14-19(15-13-18)22(23,24)25/h3-8,10-15H,2,9H2,1H3/b21-20+. The molecule has 0 heterocycles. The van der Waals surface area contributed by atoms with Crippen molar-refractivity contribution in [3.63, 3.8) is 0 Å². The van der Waals surface area contributed by atoms with E-state index in [1.165, 1.54) is 11.1 Å². The van der Waals surface area contributed by atoms with Gasteiger partial charge in [0.05, 0.1) is 5.56 Å². The van der Waals surface area contributed by atoms with Gasteiger partial charge in [0.15, 0.2) is 0 Å². The summed E-state index contributed by atoms with van der Waals surface area (Å²) in [7, 11) is 0. The second-order valence-electron chi connectivity index (χ2n) is 5.97. The van der Waals surface area contributed by atoms with Crippen molar-refractivity contribution in [2.24, 2.45) is 0 Å². The Balaban J connectivity index is 2.15. The van der Waals surface area contributed by atoms with Gasteiger partial charge in [-0.3, -0.25) is 0 Å². The van der Waals surface area contributed by atoms with E-state index in [2.05, 4.69) is 19.1 Å². The lowest BCUT2D eigenvalue weighted by Gasteiger charge is -2.17. The first-order chi connectivity index (χ1) is 12.0. The minimum absolute atomic E-state index is 0.622. The zero-order valence-corrected chi connectivity index (χ0v) is 14.0. The number of hydrogen-bond acceptors (Lipinski definition) is 0. The molecule has 0 radical (unpaired) electrons. The van der Waals surface area contributed by atoms with Gasteiger partial charge in [0, 0.05) is 0 Å². The normalized spacial score (nSPS) is 15.1. The fourth-order valence-electron chi connectivity index (χ4n) is 3.18. The number of allylic oxidation sites excluding steroid dienone is 5. The van der Waals surface area contributed by atoms with E-state index >= 15 is 0 Å². The lowest BCUT2D eigenvalue weighted by molar-refractivity contribution is -0.137. The molecule has 1 aliphatic carbocycles. The van der Waals surface area contributed by atoms with E-state index in [1.54, 1.807) is 12.1 Å². The highest BCUT2D eigenvalue weighted by atomic mass is 19.4. The summed E-state index contributed by atoms with van der Waals surface area (Å²) in [5.41, 5.74) is 4.61. The van der Waals surface area contributed by atoms with Gasteiger partial charge >= 0.3 is 6.18 Å². The highest BCUT2D eigenvalue weighted by Gasteiger charge is 2.30. The molecular formula is C22H19F3. The molecular weight excluding hydrogens is 321 g/mol. The van der Waals surface area contributed by atoms with Crippen molar-refractivity contribution in [2.75, 3.05) is 0 Å². The van der Waals surface area contributed by atoms with E-state index in [9.17, 15) is 13.2 Å². The van der Waals surface area contributed by atoms with Crippen LogP contribution in [0, 0.1) is 0 Å². The SMILES string of the molecule is CC/C(C1=CC=CC1)=C(/c1ccccc1)c1ccc(C(F)(F)F)cc1. The third-order valence-electron chi connectivity index (χ3n) is 4.38. The highest BCUT2D eigenvalue weighted by molar-refractivity contribution is 5.85. The van der Waals surface area contributed by atoms with Crippen LogP contribution in [0.5, 0.6) is 0 Å². The monoisotopic (exact) mass is 340 g/mol. The van der Waals surface area contributed by atoms with Crippen LogP contribution in [0.25, 0.3) is 5.57 Å². The topological polar surface area (TPSA) is 0 Å². The summed E-state index contributed by atoms with van der Waals surface area (Å²) in [6.45, 7) is 2.08. The van der Waals surface area contributed by atoms with Crippen LogP contribution in [0.1, 0.15) is 36.5 Å². The summed E-state index contributed by atoms with van der Waals surface area (Å²) in [5, 5.41) is 0. The van der Waals surface area contributed by atoms with Crippen LogP contribution >= 0.6 is 0 Å². The van der Waals surface area contributed by atoms with Gasteiger partial charge < -0.3 is 0 Å². The van der Waals surface area contributed by atoms with Gasteiger partial charge in [0.1, 0.15) is 0 Å². The predicted molar refractivity (Wildman–Crippen MR) is 96.0 cm³/mol. The van der Waals surface area contributed by atoms with Gasteiger partial charge in [0.2, 0.25) is 0 Å². The Morgan fingerprint density at radius 1 is 0.920 bits per heavy atom. The van der Waals surface area contributed by atoms with E-state index < -0.39 is 11.7 Å². The third kappa shape index (κ3) is 3.76. The summed E-state index contributed by atoms with van der Waals surface area (Å²) < 4.78 is 38.7. The summed E-state index contributed by atoms with van der Waals surface area (Å²) in [4.78, 5) is 0. The maximum Gasteiger partial charge on any atom is 0.416 e. The summed E-state index contributed by atoms with van der Waals surface area (Å²) >= 11 is 0. The van der Waals surface area contributed by atoms with Crippen LogP contribution in [0.3, 0.4) is 0 Å². The average molecular weight is 340 g/mol. The molecule has 0 saturated heterocycles. The summed E-state index contributed by atoms with van der Waals surface area (Å²) in [6.07, 6.45) is 3.58. The largest absolute Gasteiger partial charge is 0.416 e. The second kappa shape index (κ2) is 7.14. The van der Waals surface area contributed by atoms with E-state index in [4.69, 9.17) is 0 Å². The van der Waals surface area contributed by atoms with Crippen molar-refractivity contribution in [3.05, 3.63) is 101 Å². The highest BCUT2D eigenvalue weighted by Crippen LogP contribution is 2.36. The Labute approximate surface area is 146 Å². The van der Waals surface area contributed by atoms with Gasteiger partial charge in [0.25, 0.3) is 0 Å². The first kappa shape index (κ1) is 17.3. The Hall–Kier alpha value is -2.55. The van der Waals surface area contributed by atoms with Crippen LogP contribution in [-0.2, 0) is 6.18 Å². The molecule has 0 saturated carbocycles. The number of hydrogen-bond donors (Lipinski definition) is 0. The molecule has 3 heteroatoms. The molecule has 0 bridgehead atoms. The average Bonchev–Trinajstić information content (AvgIpc) is 3.14. The first-order valence-electron chi connectivity index (χ1n) is 8.33. The molecule has 25 heavy (non-hydrogen) atoms. The zero-order chi connectivity index (χ0) is 17.9. The van der Waals surface area contributed by atoms with Gasteiger partial charge in [-0.15, -0.1) is 0 Å². The second-order valence-corrected chi connectivity index (χ2v) is 5.97. The molecule has 0 unspecified atom stereocenters. The minimum Gasteiger partial charge on any atom is -0.166 e. The molecule has 0 atom stereocenters. The molecule has 2 aromatic rings. The Bertz CT molecular complexity index is 820. The molecule has 0 aliphatic heterocycles. The molecule has 0 fully saturated rings. The summed E-state index contributed by atoms with van der Waals surface area (Å²) in [6, 6.07) is 15.3. The lowest BCUT2D eigenvalue weighted by atomic mass is 9.87. The van der Waals surface area contributed by atoms with E-state index in [0.29, 0.717) is 0 Å². The number of alkyl halides is 3. The number of rotatable bonds is 4. The Morgan fingerprint density at radius 2 is 1.56 bits per heavy atom. The summed E-state index contributed by atoms with van der Waals surface area (Å²) in [5.74, 6) is 0. The molecule has 1 aliphatic rings. The van der Waals surface area contributed by atoms with Gasteiger partial charge in [-0.25, -0.2) is 0 Å². The fraction of sp³-hybridized carbons (Fsp3) is 0.182. The number of benzene rings is 2. The minimum atomic E-state index is -4.32. The van der Waals surface area contributed by atoms with Crippen LogP contribution < -0.4 is 0 Å². The molecule has 0 amide bonds. The maximum absolute atomic E-state index is 12.9. The van der Waals surface area contributed by atoms with E-state index in [0.717, 1.165) is 41.7 Å². The Kier molecular flexibility index (Phi) is 4.93. The van der Waals surface area contributed by atoms with Gasteiger partial charge in [-0.05, 0) is 52.8 Å². The van der Waals surface area contributed by atoms with Crippen molar-refractivity contribution >= 4 is 5.57 Å². The van der Waals surface area contributed by atoms with Crippen molar-refractivity contribution < 1.29 is 13.2 Å². The van der Waals surface area contributed by atoms with Crippen molar-refractivity contribution in [2.45, 2.75) is 25.9 Å². The lowest BCUT2D eigenvalue weighted by Crippen LogP contribution is -2.05. The van der Waals surface area contributed by atoms with E-state index in [1.807, 2.05) is 36.4 Å². The van der Waals surface area contributed by atoms with Gasteiger partial charge in [-0.2, -0.15) is 13.2 Å².